The Labute approximate surface area is 71.2 Å². The summed E-state index contributed by atoms with van der Waals surface area (Å²) in [4.78, 5) is 10.2. The summed E-state index contributed by atoms with van der Waals surface area (Å²) in [5, 5.41) is 13.6. The van der Waals surface area contributed by atoms with Crippen LogP contribution in [0.4, 0.5) is 0 Å². The number of rotatable bonds is 6. The van der Waals surface area contributed by atoms with Gasteiger partial charge in [-0.05, 0) is 12.8 Å². The largest absolute Gasteiger partial charge is 0.480 e. The van der Waals surface area contributed by atoms with E-state index in [0.29, 0.717) is 18.7 Å². The van der Waals surface area contributed by atoms with Gasteiger partial charge in [-0.25, -0.2) is 0 Å². The van der Waals surface area contributed by atoms with Crippen LogP contribution < -0.4 is 16.9 Å². The minimum atomic E-state index is -0.959. The van der Waals surface area contributed by atoms with Crippen molar-refractivity contribution in [3.8, 4) is 0 Å². The molecule has 0 aliphatic heterocycles. The van der Waals surface area contributed by atoms with Crippen molar-refractivity contribution in [1.29, 1.82) is 0 Å². The monoisotopic (exact) mass is 174 g/mol. The van der Waals surface area contributed by atoms with Gasteiger partial charge < -0.3 is 10.8 Å². The first kappa shape index (κ1) is 10.9. The molecule has 0 aromatic heterocycles. The molecule has 0 amide bonds. The molecule has 0 radical (unpaired) electrons. The number of aliphatic carboxylic acids is 1. The van der Waals surface area contributed by atoms with Crippen molar-refractivity contribution in [3.05, 3.63) is 0 Å². The van der Waals surface area contributed by atoms with E-state index < -0.39 is 12.0 Å². The van der Waals surface area contributed by atoms with Crippen LogP contribution in [0.1, 0.15) is 25.7 Å². The lowest BCUT2D eigenvalue weighted by atomic mass is 10.1. The van der Waals surface area contributed by atoms with Gasteiger partial charge in [0.2, 0.25) is 5.84 Å². The summed E-state index contributed by atoms with van der Waals surface area (Å²) < 4.78 is 0. The first-order valence-electron chi connectivity index (χ1n) is 3.89. The molecule has 0 spiro atoms. The highest BCUT2D eigenvalue weighted by Crippen LogP contribution is 2.01. The highest BCUT2D eigenvalue weighted by Gasteiger charge is 2.10. The van der Waals surface area contributed by atoms with Gasteiger partial charge >= 0.3 is 5.97 Å². The Hall–Kier alpha value is -1.10. The Bertz CT molecular complexity index is 170. The van der Waals surface area contributed by atoms with Gasteiger partial charge in [-0.1, -0.05) is 6.42 Å². The predicted octanol–water partition coefficient (Wildman–Crippen LogP) is -1.92. The summed E-state index contributed by atoms with van der Waals surface area (Å²) in [6, 6.07) is -0.760. The van der Waals surface area contributed by atoms with Crippen LogP contribution in [0, 0.1) is 0 Å². The molecule has 0 saturated carbocycles. The molecule has 0 bridgehead atoms. The number of carboxylic acid groups (broad SMARTS) is 1. The standard InChI is InChI=1S/C7H15N3O2/c8-5(7(11)12)3-1-2-4-6(9)10/h5H,1-4,8H2,(H3,9,10)(H,11,12)/p+1. The van der Waals surface area contributed by atoms with Crippen molar-refractivity contribution in [3.63, 3.8) is 0 Å². The van der Waals surface area contributed by atoms with Crippen LogP contribution in [0.5, 0.6) is 0 Å². The fourth-order valence-electron chi connectivity index (χ4n) is 0.817. The second-order valence-electron chi connectivity index (χ2n) is 2.77. The molecule has 0 aromatic carbocycles. The normalized spacial score (nSPS) is 12.4. The number of nitrogens with two attached hydrogens (primary N) is 3. The van der Waals surface area contributed by atoms with E-state index in [9.17, 15) is 4.79 Å². The van der Waals surface area contributed by atoms with Crippen molar-refractivity contribution < 1.29 is 15.3 Å². The molecule has 0 fully saturated rings. The van der Waals surface area contributed by atoms with Crippen molar-refractivity contribution in [2.24, 2.45) is 11.5 Å². The first-order valence-corrected chi connectivity index (χ1v) is 3.89. The molecule has 70 valence electrons. The van der Waals surface area contributed by atoms with Crippen LogP contribution in [0.2, 0.25) is 0 Å². The molecule has 5 heteroatoms. The van der Waals surface area contributed by atoms with E-state index >= 15 is 0 Å². The minimum Gasteiger partial charge on any atom is -0.480 e. The van der Waals surface area contributed by atoms with E-state index in [1.54, 1.807) is 0 Å². The fourth-order valence-corrected chi connectivity index (χ4v) is 0.817. The number of unbranched alkanes of at least 4 members (excludes halogenated alkanes) is 1. The molecule has 0 rings (SSSR count). The second kappa shape index (κ2) is 5.54. The maximum atomic E-state index is 10.2. The van der Waals surface area contributed by atoms with Crippen LogP contribution in [0.25, 0.3) is 0 Å². The van der Waals surface area contributed by atoms with E-state index in [2.05, 4.69) is 0 Å². The molecule has 0 aliphatic rings. The minimum absolute atomic E-state index is 0.388. The Morgan fingerprint density at radius 3 is 2.50 bits per heavy atom. The Kier molecular flexibility index (Phi) is 5.03. The first-order chi connectivity index (χ1) is 5.54. The third-order valence-corrected chi connectivity index (χ3v) is 1.55. The zero-order chi connectivity index (χ0) is 9.56. The lowest BCUT2D eigenvalue weighted by Gasteiger charge is -2.03. The molecular formula is C7H16N3O2+. The summed E-state index contributed by atoms with van der Waals surface area (Å²) in [6.07, 6.45) is 2.64. The van der Waals surface area contributed by atoms with Gasteiger partial charge in [-0.2, -0.15) is 0 Å². The molecule has 0 heterocycles. The summed E-state index contributed by atoms with van der Waals surface area (Å²) in [5.74, 6) is -0.571. The predicted molar refractivity (Wildman–Crippen MR) is 45.2 cm³/mol. The van der Waals surface area contributed by atoms with Crippen LogP contribution in [0.15, 0.2) is 0 Å². The number of amidine groups is 1. The zero-order valence-corrected chi connectivity index (χ0v) is 6.99. The van der Waals surface area contributed by atoms with E-state index in [0.717, 1.165) is 12.8 Å². The Morgan fingerprint density at radius 1 is 1.50 bits per heavy atom. The number of hydrogen-bond donors (Lipinski definition) is 4. The SMILES string of the molecule is NC(=[NH2+])CCCCC(N)C(=O)O. The Morgan fingerprint density at radius 2 is 2.08 bits per heavy atom. The molecule has 1 unspecified atom stereocenters. The highest BCUT2D eigenvalue weighted by atomic mass is 16.4. The van der Waals surface area contributed by atoms with Crippen LogP contribution >= 0.6 is 0 Å². The lowest BCUT2D eigenvalue weighted by Crippen LogP contribution is -2.45. The smallest absolute Gasteiger partial charge is 0.320 e. The average molecular weight is 174 g/mol. The van der Waals surface area contributed by atoms with Gasteiger partial charge in [0.1, 0.15) is 6.04 Å². The molecule has 0 aliphatic carbocycles. The summed E-state index contributed by atoms with van der Waals surface area (Å²) >= 11 is 0. The summed E-state index contributed by atoms with van der Waals surface area (Å²) in [5.41, 5.74) is 10.5. The highest BCUT2D eigenvalue weighted by molar-refractivity contribution is 5.74. The molecule has 1 atom stereocenters. The van der Waals surface area contributed by atoms with Gasteiger partial charge in [0, 0.05) is 6.42 Å². The lowest BCUT2D eigenvalue weighted by molar-refractivity contribution is -0.138. The molecule has 12 heavy (non-hydrogen) atoms. The Balaban J connectivity index is 3.31. The van der Waals surface area contributed by atoms with Crippen LogP contribution in [0.3, 0.4) is 0 Å². The maximum absolute atomic E-state index is 10.2. The van der Waals surface area contributed by atoms with Crippen molar-refractivity contribution in [1.82, 2.24) is 0 Å². The van der Waals surface area contributed by atoms with Gasteiger partial charge in [0.15, 0.2) is 0 Å². The topological polar surface area (TPSA) is 115 Å². The molecule has 5 nitrogen and oxygen atoms in total. The number of carbonyl (C=O) groups is 1. The van der Waals surface area contributed by atoms with Gasteiger partial charge in [-0.15, -0.1) is 0 Å². The molecule has 0 aromatic rings. The van der Waals surface area contributed by atoms with Gasteiger partial charge in [0.05, 0.1) is 0 Å². The van der Waals surface area contributed by atoms with Crippen LogP contribution in [-0.2, 0) is 4.79 Å². The second-order valence-corrected chi connectivity index (χ2v) is 2.77. The maximum Gasteiger partial charge on any atom is 0.320 e. The van der Waals surface area contributed by atoms with E-state index in [4.69, 9.17) is 22.0 Å². The quantitative estimate of drug-likeness (QED) is 0.213. The fraction of sp³-hybridized carbons (Fsp3) is 0.714. The van der Waals surface area contributed by atoms with Gasteiger partial charge in [0.25, 0.3) is 0 Å². The zero-order valence-electron chi connectivity index (χ0n) is 6.99. The van der Waals surface area contributed by atoms with E-state index in [-0.39, 0.29) is 0 Å². The molecule has 7 N–H and O–H groups in total. The third kappa shape index (κ3) is 5.67. The number of carboxylic acids is 1. The van der Waals surface area contributed by atoms with Gasteiger partial charge in [-0.3, -0.25) is 15.9 Å². The number of hydrogen-bond acceptors (Lipinski definition) is 2. The van der Waals surface area contributed by atoms with E-state index in [1.165, 1.54) is 0 Å². The van der Waals surface area contributed by atoms with Crippen LogP contribution in [-0.4, -0.2) is 23.0 Å². The summed E-state index contributed by atoms with van der Waals surface area (Å²) in [7, 11) is 0. The molecular weight excluding hydrogens is 158 g/mol. The third-order valence-electron chi connectivity index (χ3n) is 1.55. The molecule has 0 saturated heterocycles. The van der Waals surface area contributed by atoms with Crippen molar-refractivity contribution in [2.75, 3.05) is 0 Å². The summed E-state index contributed by atoms with van der Waals surface area (Å²) in [6.45, 7) is 0. The van der Waals surface area contributed by atoms with Crippen molar-refractivity contribution >= 4 is 11.8 Å². The van der Waals surface area contributed by atoms with E-state index in [1.807, 2.05) is 0 Å². The van der Waals surface area contributed by atoms with Crippen molar-refractivity contribution in [2.45, 2.75) is 31.7 Å². The average Bonchev–Trinajstić information content (AvgIpc) is 1.97.